The van der Waals surface area contributed by atoms with Crippen molar-refractivity contribution >= 4 is 0 Å². The molecule has 0 bridgehead atoms. The highest BCUT2D eigenvalue weighted by Crippen LogP contribution is 2.28. The lowest BCUT2D eigenvalue weighted by Crippen LogP contribution is -2.48. The van der Waals surface area contributed by atoms with E-state index in [0.29, 0.717) is 31.2 Å². The van der Waals surface area contributed by atoms with Crippen LogP contribution in [-0.2, 0) is 0 Å². The highest BCUT2D eigenvalue weighted by atomic mass is 16.5. The minimum absolute atomic E-state index is 0.364. The highest BCUT2D eigenvalue weighted by molar-refractivity contribution is 5.35. The van der Waals surface area contributed by atoms with Crippen LogP contribution in [0.15, 0.2) is 24.3 Å². The van der Waals surface area contributed by atoms with E-state index in [9.17, 15) is 5.11 Å². The van der Waals surface area contributed by atoms with Gasteiger partial charge in [0.25, 0.3) is 0 Å². The van der Waals surface area contributed by atoms with Gasteiger partial charge in [-0.3, -0.25) is 4.90 Å². The number of ether oxygens (including phenoxy) is 1. The maximum Gasteiger partial charge on any atom is 0.122 e. The maximum absolute atomic E-state index is 10.4. The fourth-order valence-corrected chi connectivity index (χ4v) is 3.56. The van der Waals surface area contributed by atoms with Gasteiger partial charge in [0.05, 0.1) is 0 Å². The predicted octanol–water partition coefficient (Wildman–Crippen LogP) is 4.20. The molecule has 0 spiro atoms. The van der Waals surface area contributed by atoms with E-state index in [1.54, 1.807) is 0 Å². The van der Waals surface area contributed by atoms with Crippen molar-refractivity contribution in [2.75, 3.05) is 13.2 Å². The normalized spacial score (nSPS) is 25.1. The summed E-state index contributed by atoms with van der Waals surface area (Å²) >= 11 is 0. The minimum atomic E-state index is -0.442. The molecule has 0 amide bonds. The molecule has 0 unspecified atom stereocenters. The molecule has 1 aliphatic rings. The number of nitrogens with zero attached hydrogens (tertiary/aromatic N) is 1. The minimum Gasteiger partial charge on any atom is -0.491 e. The van der Waals surface area contributed by atoms with Gasteiger partial charge in [-0.1, -0.05) is 38.5 Å². The quantitative estimate of drug-likeness (QED) is 0.817. The largest absolute Gasteiger partial charge is 0.491 e. The van der Waals surface area contributed by atoms with Gasteiger partial charge in [-0.15, -0.1) is 0 Å². The Labute approximate surface area is 141 Å². The van der Waals surface area contributed by atoms with Gasteiger partial charge >= 0.3 is 0 Å². The van der Waals surface area contributed by atoms with Crippen LogP contribution in [0, 0.1) is 0 Å². The molecule has 0 aliphatic carbocycles. The molecule has 1 aliphatic heterocycles. The fraction of sp³-hybridized carbons (Fsp3) is 0.700. The van der Waals surface area contributed by atoms with Gasteiger partial charge in [-0.2, -0.15) is 0 Å². The van der Waals surface area contributed by atoms with Crippen LogP contribution in [0.4, 0.5) is 0 Å². The standard InChI is InChI=1S/C20H33NO2/c1-5-15(2)19-11-6-7-12-20(19)23-14-18(22)13-21-16(3)9-8-10-17(21)4/h6-7,11-12,15-18,22H,5,8-10,13-14H2,1-4H3/t15-,16-,17-,18+/m0/s1. The van der Waals surface area contributed by atoms with Gasteiger partial charge in [0.15, 0.2) is 0 Å². The number of likely N-dealkylation sites (tertiary alicyclic amines) is 1. The molecule has 1 saturated heterocycles. The molecule has 0 radical (unpaired) electrons. The summed E-state index contributed by atoms with van der Waals surface area (Å²) in [5, 5.41) is 10.4. The lowest BCUT2D eigenvalue weighted by atomic mass is 9.97. The van der Waals surface area contributed by atoms with Crippen LogP contribution in [0.1, 0.15) is 64.9 Å². The molecule has 1 aromatic carbocycles. The second-order valence-corrected chi connectivity index (χ2v) is 7.14. The first kappa shape index (κ1) is 18.3. The summed E-state index contributed by atoms with van der Waals surface area (Å²) < 4.78 is 5.96. The van der Waals surface area contributed by atoms with E-state index in [2.05, 4.69) is 44.7 Å². The first-order valence-electron chi connectivity index (χ1n) is 9.18. The molecular weight excluding hydrogens is 286 g/mol. The van der Waals surface area contributed by atoms with E-state index >= 15 is 0 Å². The van der Waals surface area contributed by atoms with Crippen molar-refractivity contribution < 1.29 is 9.84 Å². The van der Waals surface area contributed by atoms with Crippen LogP contribution in [0.3, 0.4) is 0 Å². The van der Waals surface area contributed by atoms with Crippen molar-refractivity contribution in [1.82, 2.24) is 4.90 Å². The third-order valence-corrected chi connectivity index (χ3v) is 5.29. The molecule has 0 aromatic heterocycles. The summed E-state index contributed by atoms with van der Waals surface area (Å²) in [6, 6.07) is 9.32. The number of piperidine rings is 1. The molecule has 130 valence electrons. The van der Waals surface area contributed by atoms with Crippen LogP contribution in [0.2, 0.25) is 0 Å². The van der Waals surface area contributed by atoms with E-state index in [0.717, 1.165) is 12.2 Å². The molecule has 3 nitrogen and oxygen atoms in total. The lowest BCUT2D eigenvalue weighted by molar-refractivity contribution is 0.0207. The Morgan fingerprint density at radius 1 is 1.22 bits per heavy atom. The first-order chi connectivity index (χ1) is 11.0. The molecule has 23 heavy (non-hydrogen) atoms. The van der Waals surface area contributed by atoms with Crippen molar-refractivity contribution in [3.63, 3.8) is 0 Å². The average Bonchev–Trinajstić information content (AvgIpc) is 2.56. The third kappa shape index (κ3) is 4.95. The Hall–Kier alpha value is -1.06. The van der Waals surface area contributed by atoms with E-state index < -0.39 is 6.10 Å². The molecular formula is C20H33NO2. The molecule has 1 fully saturated rings. The SMILES string of the molecule is CC[C@H](C)c1ccccc1OC[C@H](O)CN1[C@@H](C)CCC[C@@H]1C. The summed E-state index contributed by atoms with van der Waals surface area (Å²) in [4.78, 5) is 2.43. The van der Waals surface area contributed by atoms with Gasteiger partial charge in [0.2, 0.25) is 0 Å². The van der Waals surface area contributed by atoms with Gasteiger partial charge in [-0.05, 0) is 50.7 Å². The molecule has 0 saturated carbocycles. The Morgan fingerprint density at radius 3 is 2.52 bits per heavy atom. The molecule has 2 rings (SSSR count). The summed E-state index contributed by atoms with van der Waals surface area (Å²) in [6.07, 6.45) is 4.41. The zero-order valence-corrected chi connectivity index (χ0v) is 15.2. The summed E-state index contributed by atoms with van der Waals surface area (Å²) in [5.41, 5.74) is 1.24. The highest BCUT2D eigenvalue weighted by Gasteiger charge is 2.26. The van der Waals surface area contributed by atoms with Crippen LogP contribution in [0.25, 0.3) is 0 Å². The molecule has 1 aromatic rings. The average molecular weight is 319 g/mol. The fourth-order valence-electron chi connectivity index (χ4n) is 3.56. The smallest absolute Gasteiger partial charge is 0.122 e. The number of hydrogen-bond donors (Lipinski definition) is 1. The van der Waals surface area contributed by atoms with Gasteiger partial charge in [-0.25, -0.2) is 0 Å². The van der Waals surface area contributed by atoms with Crippen LogP contribution in [0.5, 0.6) is 5.75 Å². The van der Waals surface area contributed by atoms with Crippen molar-refractivity contribution in [2.24, 2.45) is 0 Å². The first-order valence-corrected chi connectivity index (χ1v) is 9.18. The summed E-state index contributed by atoms with van der Waals surface area (Å²) in [6.45, 7) is 10.0. The number of hydrogen-bond acceptors (Lipinski definition) is 3. The number of β-amino-alcohol motifs (C(OH)–C–C–N with tert-alkyl or cyclic N) is 1. The molecule has 1 heterocycles. The van der Waals surface area contributed by atoms with E-state index in [-0.39, 0.29) is 0 Å². The number of benzene rings is 1. The number of rotatable bonds is 7. The number of aliphatic hydroxyl groups excluding tert-OH is 1. The van der Waals surface area contributed by atoms with E-state index in [1.165, 1.54) is 24.8 Å². The van der Waals surface area contributed by atoms with Crippen LogP contribution < -0.4 is 4.74 Å². The lowest BCUT2D eigenvalue weighted by Gasteiger charge is -2.40. The Balaban J connectivity index is 1.90. The zero-order chi connectivity index (χ0) is 16.8. The van der Waals surface area contributed by atoms with E-state index in [4.69, 9.17) is 4.74 Å². The topological polar surface area (TPSA) is 32.7 Å². The Morgan fingerprint density at radius 2 is 1.87 bits per heavy atom. The third-order valence-electron chi connectivity index (χ3n) is 5.29. The van der Waals surface area contributed by atoms with Crippen molar-refractivity contribution in [3.8, 4) is 5.75 Å². The van der Waals surface area contributed by atoms with E-state index in [1.807, 2.05) is 12.1 Å². The maximum atomic E-state index is 10.4. The summed E-state index contributed by atoms with van der Waals surface area (Å²) in [7, 11) is 0. The summed E-state index contributed by atoms with van der Waals surface area (Å²) in [5.74, 6) is 1.39. The Bertz CT molecular complexity index is 466. The van der Waals surface area contributed by atoms with Crippen molar-refractivity contribution in [1.29, 1.82) is 0 Å². The monoisotopic (exact) mass is 319 g/mol. The van der Waals surface area contributed by atoms with Gasteiger partial charge in [0.1, 0.15) is 18.5 Å². The number of aliphatic hydroxyl groups is 1. The van der Waals surface area contributed by atoms with Crippen molar-refractivity contribution in [2.45, 2.75) is 77.5 Å². The predicted molar refractivity (Wildman–Crippen MR) is 96.1 cm³/mol. The van der Waals surface area contributed by atoms with Crippen LogP contribution >= 0.6 is 0 Å². The van der Waals surface area contributed by atoms with Crippen LogP contribution in [-0.4, -0.2) is 41.3 Å². The second kappa shape index (κ2) is 8.70. The number of para-hydroxylation sites is 1. The van der Waals surface area contributed by atoms with Gasteiger partial charge < -0.3 is 9.84 Å². The zero-order valence-electron chi connectivity index (χ0n) is 15.2. The molecule has 1 N–H and O–H groups in total. The second-order valence-electron chi connectivity index (χ2n) is 7.14. The van der Waals surface area contributed by atoms with Gasteiger partial charge in [0, 0.05) is 18.6 Å². The Kier molecular flexibility index (Phi) is 6.91. The molecule has 3 heteroatoms. The molecule has 4 atom stereocenters. The van der Waals surface area contributed by atoms with Crippen molar-refractivity contribution in [3.05, 3.63) is 29.8 Å².